The highest BCUT2D eigenvalue weighted by atomic mass is 15.3. The predicted molar refractivity (Wildman–Crippen MR) is 83.9 cm³/mol. The first-order chi connectivity index (χ1) is 9.38. The van der Waals surface area contributed by atoms with Gasteiger partial charge in [-0.1, -0.05) is 20.8 Å². The minimum Gasteiger partial charge on any atom is -0.311 e. The Morgan fingerprint density at radius 3 is 2.55 bits per heavy atom. The van der Waals surface area contributed by atoms with Gasteiger partial charge in [-0.25, -0.2) is 0 Å². The fraction of sp³-hybridized carbons (Fsp3) is 0.812. The molecule has 1 fully saturated rings. The molecule has 2 heterocycles. The molecule has 0 spiro atoms. The van der Waals surface area contributed by atoms with Crippen LogP contribution in [0.5, 0.6) is 0 Å². The maximum absolute atomic E-state index is 4.62. The standard InChI is InChI=1S/C16H30N4/c1-13(20-8-6-7-9-20)10-17-11-14-12-19(5)18-15(14)16(2,3)4/h12-13,17H,6-11H2,1-5H3. The lowest BCUT2D eigenvalue weighted by molar-refractivity contribution is 0.251. The van der Waals surface area contributed by atoms with Gasteiger partial charge in [0.2, 0.25) is 0 Å². The number of likely N-dealkylation sites (tertiary alicyclic amines) is 1. The van der Waals surface area contributed by atoms with Crippen molar-refractivity contribution < 1.29 is 0 Å². The molecule has 1 aliphatic heterocycles. The average Bonchev–Trinajstić information content (AvgIpc) is 2.97. The molecular formula is C16H30N4. The maximum atomic E-state index is 4.62. The third-order valence-corrected chi connectivity index (χ3v) is 4.13. The highest BCUT2D eigenvalue weighted by Gasteiger charge is 2.22. The van der Waals surface area contributed by atoms with Gasteiger partial charge in [-0.05, 0) is 32.9 Å². The van der Waals surface area contributed by atoms with Crippen LogP contribution >= 0.6 is 0 Å². The van der Waals surface area contributed by atoms with Gasteiger partial charge >= 0.3 is 0 Å². The van der Waals surface area contributed by atoms with Crippen molar-refractivity contribution in [2.24, 2.45) is 7.05 Å². The van der Waals surface area contributed by atoms with Crippen LogP contribution in [-0.2, 0) is 19.0 Å². The summed E-state index contributed by atoms with van der Waals surface area (Å²) in [6.45, 7) is 13.5. The molecule has 114 valence electrons. The summed E-state index contributed by atoms with van der Waals surface area (Å²) in [5.74, 6) is 0. The molecule has 2 rings (SSSR count). The van der Waals surface area contributed by atoms with E-state index in [1.54, 1.807) is 0 Å². The lowest BCUT2D eigenvalue weighted by Crippen LogP contribution is -2.38. The molecule has 0 radical (unpaired) electrons. The summed E-state index contributed by atoms with van der Waals surface area (Å²) < 4.78 is 1.93. The number of nitrogens with zero attached hydrogens (tertiary/aromatic N) is 3. The van der Waals surface area contributed by atoms with Gasteiger partial charge in [0.25, 0.3) is 0 Å². The van der Waals surface area contributed by atoms with E-state index in [1.165, 1.54) is 37.2 Å². The first kappa shape index (κ1) is 15.5. The Morgan fingerprint density at radius 2 is 1.95 bits per heavy atom. The Hall–Kier alpha value is -0.870. The minimum atomic E-state index is 0.110. The van der Waals surface area contributed by atoms with Crippen molar-refractivity contribution in [3.8, 4) is 0 Å². The number of rotatable bonds is 5. The second-order valence-corrected chi connectivity index (χ2v) is 7.15. The highest BCUT2D eigenvalue weighted by Crippen LogP contribution is 2.24. The minimum absolute atomic E-state index is 0.110. The van der Waals surface area contributed by atoms with Gasteiger partial charge in [-0.15, -0.1) is 0 Å². The normalized spacial score (nSPS) is 18.6. The molecule has 1 aromatic rings. The van der Waals surface area contributed by atoms with Gasteiger partial charge in [0, 0.05) is 43.4 Å². The molecule has 0 saturated carbocycles. The summed E-state index contributed by atoms with van der Waals surface area (Å²) in [7, 11) is 2.01. The van der Waals surface area contributed by atoms with Crippen molar-refractivity contribution in [3.63, 3.8) is 0 Å². The average molecular weight is 278 g/mol. The molecule has 20 heavy (non-hydrogen) atoms. The topological polar surface area (TPSA) is 33.1 Å². The largest absolute Gasteiger partial charge is 0.311 e. The lowest BCUT2D eigenvalue weighted by atomic mass is 9.89. The molecule has 0 aliphatic carbocycles. The number of aromatic nitrogens is 2. The molecule has 1 saturated heterocycles. The van der Waals surface area contributed by atoms with Crippen molar-refractivity contribution in [2.45, 2.75) is 58.5 Å². The van der Waals surface area contributed by atoms with Crippen LogP contribution in [0.25, 0.3) is 0 Å². The van der Waals surface area contributed by atoms with E-state index in [4.69, 9.17) is 0 Å². The Bertz CT molecular complexity index is 424. The van der Waals surface area contributed by atoms with Crippen LogP contribution in [0.2, 0.25) is 0 Å². The van der Waals surface area contributed by atoms with E-state index in [0.717, 1.165) is 13.1 Å². The van der Waals surface area contributed by atoms with Crippen LogP contribution in [-0.4, -0.2) is 40.4 Å². The number of nitrogens with one attached hydrogen (secondary N) is 1. The van der Waals surface area contributed by atoms with Crippen molar-refractivity contribution in [1.82, 2.24) is 20.0 Å². The molecule has 1 aromatic heterocycles. The SMILES string of the molecule is CC(CNCc1cn(C)nc1C(C)(C)C)N1CCCC1. The van der Waals surface area contributed by atoms with Crippen LogP contribution < -0.4 is 5.32 Å². The third kappa shape index (κ3) is 3.83. The number of hydrogen-bond donors (Lipinski definition) is 1. The third-order valence-electron chi connectivity index (χ3n) is 4.13. The summed E-state index contributed by atoms with van der Waals surface area (Å²) in [5.41, 5.74) is 2.65. The Kier molecular flexibility index (Phi) is 4.86. The Balaban J connectivity index is 1.87. The first-order valence-corrected chi connectivity index (χ1v) is 7.85. The van der Waals surface area contributed by atoms with Crippen LogP contribution in [0.3, 0.4) is 0 Å². The number of aryl methyl sites for hydroxylation is 1. The van der Waals surface area contributed by atoms with Crippen LogP contribution in [0, 0.1) is 0 Å². The van der Waals surface area contributed by atoms with E-state index >= 15 is 0 Å². The monoisotopic (exact) mass is 278 g/mol. The van der Waals surface area contributed by atoms with Crippen LogP contribution in [0.15, 0.2) is 6.20 Å². The zero-order valence-electron chi connectivity index (χ0n) is 13.7. The second-order valence-electron chi connectivity index (χ2n) is 7.15. The summed E-state index contributed by atoms with van der Waals surface area (Å²) in [4.78, 5) is 2.58. The van der Waals surface area contributed by atoms with Crippen LogP contribution in [0.4, 0.5) is 0 Å². The molecule has 0 bridgehead atoms. The van der Waals surface area contributed by atoms with Gasteiger partial charge in [0.05, 0.1) is 5.69 Å². The van der Waals surface area contributed by atoms with Crippen molar-refractivity contribution >= 4 is 0 Å². The molecule has 0 aromatic carbocycles. The highest BCUT2D eigenvalue weighted by molar-refractivity contribution is 5.23. The molecule has 4 heteroatoms. The molecule has 0 amide bonds. The van der Waals surface area contributed by atoms with Gasteiger partial charge in [-0.2, -0.15) is 5.10 Å². The lowest BCUT2D eigenvalue weighted by Gasteiger charge is -2.24. The van der Waals surface area contributed by atoms with Crippen molar-refractivity contribution in [2.75, 3.05) is 19.6 Å². The van der Waals surface area contributed by atoms with Crippen LogP contribution in [0.1, 0.15) is 51.8 Å². The van der Waals surface area contributed by atoms with Crippen molar-refractivity contribution in [3.05, 3.63) is 17.5 Å². The van der Waals surface area contributed by atoms with Gasteiger partial charge < -0.3 is 5.32 Å². The van der Waals surface area contributed by atoms with E-state index < -0.39 is 0 Å². The summed E-state index contributed by atoms with van der Waals surface area (Å²) in [6.07, 6.45) is 4.87. The molecule has 1 unspecified atom stereocenters. The van der Waals surface area contributed by atoms with Crippen molar-refractivity contribution in [1.29, 1.82) is 0 Å². The molecule has 1 aliphatic rings. The smallest absolute Gasteiger partial charge is 0.0722 e. The first-order valence-electron chi connectivity index (χ1n) is 7.85. The van der Waals surface area contributed by atoms with E-state index in [9.17, 15) is 0 Å². The second kappa shape index (κ2) is 6.27. The molecular weight excluding hydrogens is 248 g/mol. The Morgan fingerprint density at radius 1 is 1.30 bits per heavy atom. The summed E-state index contributed by atoms with van der Waals surface area (Å²) >= 11 is 0. The zero-order valence-corrected chi connectivity index (χ0v) is 13.7. The van der Waals surface area contributed by atoms with E-state index in [1.807, 2.05) is 11.7 Å². The van der Waals surface area contributed by atoms with Gasteiger partial charge in [0.1, 0.15) is 0 Å². The van der Waals surface area contributed by atoms with Gasteiger partial charge in [-0.3, -0.25) is 9.58 Å². The zero-order chi connectivity index (χ0) is 14.8. The number of hydrogen-bond acceptors (Lipinski definition) is 3. The summed E-state index contributed by atoms with van der Waals surface area (Å²) in [5, 5.41) is 8.23. The fourth-order valence-corrected chi connectivity index (χ4v) is 3.03. The van der Waals surface area contributed by atoms with E-state index in [2.05, 4.69) is 49.2 Å². The van der Waals surface area contributed by atoms with E-state index in [-0.39, 0.29) is 5.41 Å². The predicted octanol–water partition coefficient (Wildman–Crippen LogP) is 2.29. The molecule has 1 atom stereocenters. The Labute approximate surface area is 123 Å². The van der Waals surface area contributed by atoms with E-state index in [0.29, 0.717) is 6.04 Å². The summed E-state index contributed by atoms with van der Waals surface area (Å²) in [6, 6.07) is 0.632. The molecule has 1 N–H and O–H groups in total. The quantitative estimate of drug-likeness (QED) is 0.897. The van der Waals surface area contributed by atoms with Gasteiger partial charge in [0.15, 0.2) is 0 Å². The molecule has 4 nitrogen and oxygen atoms in total. The maximum Gasteiger partial charge on any atom is 0.0722 e. The fourth-order valence-electron chi connectivity index (χ4n) is 3.03.